The summed E-state index contributed by atoms with van der Waals surface area (Å²) in [5, 5.41) is 1.59. The highest BCUT2D eigenvalue weighted by atomic mass is 32.1. The third-order valence-electron chi connectivity index (χ3n) is 1.25. The first-order valence-corrected chi connectivity index (χ1v) is 5.01. The number of alkyl halides is 3. The number of nitrogens with zero attached hydrogens (tertiary/aromatic N) is 1. The Bertz CT molecular complexity index is 275. The summed E-state index contributed by atoms with van der Waals surface area (Å²) in [5.74, 6) is 0. The average Bonchev–Trinajstić information content (AvgIpc) is 2.60. The molecule has 0 aromatic carbocycles. The molecule has 80 valence electrons. The lowest BCUT2D eigenvalue weighted by Gasteiger charge is -2.06. The molecule has 0 radical (unpaired) electrons. The van der Waals surface area contributed by atoms with Crippen molar-refractivity contribution in [1.82, 2.24) is 0 Å². The van der Waals surface area contributed by atoms with Crippen molar-refractivity contribution >= 4 is 17.0 Å². The standard InChI is InChI=1S/C7H6F3NS.C2H6/c1-11-6(7(8,9)10)5-3-2-4-12-5;1-2/h2-4H,1H3;1-2H3. The molecule has 0 spiro atoms. The van der Waals surface area contributed by atoms with Gasteiger partial charge < -0.3 is 0 Å². The maximum atomic E-state index is 12.2. The number of aliphatic imine (C=N–C) groups is 1. The second-order valence-electron chi connectivity index (χ2n) is 2.05. The van der Waals surface area contributed by atoms with Gasteiger partial charge in [-0.25, -0.2) is 0 Å². The van der Waals surface area contributed by atoms with Gasteiger partial charge in [-0.15, -0.1) is 11.3 Å². The highest BCUT2D eigenvalue weighted by Gasteiger charge is 2.36. The summed E-state index contributed by atoms with van der Waals surface area (Å²) in [6.45, 7) is 4.00. The summed E-state index contributed by atoms with van der Waals surface area (Å²) in [5.41, 5.74) is -0.808. The minimum Gasteiger partial charge on any atom is -0.283 e. The number of halogens is 3. The van der Waals surface area contributed by atoms with E-state index in [4.69, 9.17) is 0 Å². The summed E-state index contributed by atoms with van der Waals surface area (Å²) in [6.07, 6.45) is -4.35. The smallest absolute Gasteiger partial charge is 0.283 e. The van der Waals surface area contributed by atoms with Crippen LogP contribution in [0.5, 0.6) is 0 Å². The second-order valence-corrected chi connectivity index (χ2v) is 2.99. The van der Waals surface area contributed by atoms with Crippen LogP contribution in [0.15, 0.2) is 22.5 Å². The Morgan fingerprint density at radius 2 is 1.93 bits per heavy atom. The van der Waals surface area contributed by atoms with Gasteiger partial charge in [0.2, 0.25) is 0 Å². The SMILES string of the molecule is CC.CN=C(c1cccs1)C(F)(F)F. The first-order valence-electron chi connectivity index (χ1n) is 4.13. The van der Waals surface area contributed by atoms with E-state index in [1.54, 1.807) is 11.4 Å². The van der Waals surface area contributed by atoms with Crippen LogP contribution in [0.4, 0.5) is 13.2 Å². The van der Waals surface area contributed by atoms with Crippen molar-refractivity contribution in [2.45, 2.75) is 20.0 Å². The molecule has 0 saturated heterocycles. The Labute approximate surface area is 85.3 Å². The number of hydrogen-bond acceptors (Lipinski definition) is 2. The van der Waals surface area contributed by atoms with E-state index in [0.29, 0.717) is 0 Å². The summed E-state index contributed by atoms with van der Waals surface area (Å²) in [7, 11) is 1.14. The molecule has 0 N–H and O–H groups in total. The third-order valence-corrected chi connectivity index (χ3v) is 2.12. The maximum Gasteiger partial charge on any atom is 0.434 e. The minimum atomic E-state index is -4.35. The maximum absolute atomic E-state index is 12.2. The summed E-state index contributed by atoms with van der Waals surface area (Å²) in [6, 6.07) is 2.97. The molecule has 0 aliphatic carbocycles. The van der Waals surface area contributed by atoms with E-state index in [2.05, 4.69) is 4.99 Å². The molecular weight excluding hydrogens is 211 g/mol. The Balaban J connectivity index is 0.000000791. The van der Waals surface area contributed by atoms with Gasteiger partial charge in [-0.2, -0.15) is 13.2 Å². The van der Waals surface area contributed by atoms with Gasteiger partial charge in [0.25, 0.3) is 0 Å². The Hall–Kier alpha value is -0.840. The van der Waals surface area contributed by atoms with Crippen molar-refractivity contribution in [3.05, 3.63) is 22.4 Å². The van der Waals surface area contributed by atoms with Gasteiger partial charge in [0.15, 0.2) is 5.71 Å². The number of thiophene rings is 1. The molecule has 0 amide bonds. The van der Waals surface area contributed by atoms with E-state index >= 15 is 0 Å². The summed E-state index contributed by atoms with van der Waals surface area (Å²) in [4.78, 5) is 3.36. The van der Waals surface area contributed by atoms with E-state index in [1.807, 2.05) is 13.8 Å². The lowest BCUT2D eigenvalue weighted by molar-refractivity contribution is -0.0579. The van der Waals surface area contributed by atoms with Crippen LogP contribution < -0.4 is 0 Å². The molecule has 14 heavy (non-hydrogen) atoms. The van der Waals surface area contributed by atoms with Crippen LogP contribution >= 0.6 is 11.3 Å². The van der Waals surface area contributed by atoms with Gasteiger partial charge in [0, 0.05) is 7.05 Å². The molecule has 1 aromatic heterocycles. The Morgan fingerprint density at radius 1 is 1.36 bits per heavy atom. The summed E-state index contributed by atoms with van der Waals surface area (Å²) >= 11 is 1.03. The second kappa shape index (κ2) is 5.80. The van der Waals surface area contributed by atoms with Gasteiger partial charge in [0.05, 0.1) is 4.88 Å². The van der Waals surface area contributed by atoms with Crippen molar-refractivity contribution in [1.29, 1.82) is 0 Å². The number of rotatable bonds is 1. The van der Waals surface area contributed by atoms with Gasteiger partial charge in [-0.1, -0.05) is 19.9 Å². The molecule has 5 heteroatoms. The van der Waals surface area contributed by atoms with Crippen LogP contribution in [0.1, 0.15) is 18.7 Å². The molecule has 0 atom stereocenters. The van der Waals surface area contributed by atoms with Crippen LogP contribution in [0.25, 0.3) is 0 Å². The van der Waals surface area contributed by atoms with Crippen LogP contribution in [0.3, 0.4) is 0 Å². The zero-order valence-electron chi connectivity index (χ0n) is 8.22. The molecule has 0 saturated carbocycles. The van der Waals surface area contributed by atoms with Crippen molar-refractivity contribution < 1.29 is 13.2 Å². The van der Waals surface area contributed by atoms with Gasteiger partial charge in [0.1, 0.15) is 0 Å². The highest BCUT2D eigenvalue weighted by Crippen LogP contribution is 2.24. The lowest BCUT2D eigenvalue weighted by atomic mass is 10.3. The van der Waals surface area contributed by atoms with Gasteiger partial charge in [-0.05, 0) is 11.4 Å². The molecule has 0 unspecified atom stereocenters. The zero-order valence-corrected chi connectivity index (χ0v) is 9.04. The Morgan fingerprint density at radius 3 is 2.21 bits per heavy atom. The van der Waals surface area contributed by atoms with Crippen molar-refractivity contribution in [3.8, 4) is 0 Å². The molecule has 1 rings (SSSR count). The molecule has 1 nitrogen and oxygen atoms in total. The lowest BCUT2D eigenvalue weighted by Crippen LogP contribution is -2.22. The van der Waals surface area contributed by atoms with Crippen LogP contribution in [0.2, 0.25) is 0 Å². The fourth-order valence-corrected chi connectivity index (χ4v) is 1.57. The van der Waals surface area contributed by atoms with Crippen molar-refractivity contribution in [2.24, 2.45) is 4.99 Å². The summed E-state index contributed by atoms with van der Waals surface area (Å²) < 4.78 is 36.5. The van der Waals surface area contributed by atoms with Crippen LogP contribution in [-0.2, 0) is 0 Å². The quantitative estimate of drug-likeness (QED) is 0.643. The largest absolute Gasteiger partial charge is 0.434 e. The zero-order chi connectivity index (χ0) is 11.2. The average molecular weight is 223 g/mol. The van der Waals surface area contributed by atoms with E-state index in [1.165, 1.54) is 6.07 Å². The monoisotopic (exact) mass is 223 g/mol. The molecule has 0 aliphatic rings. The predicted octanol–water partition coefficient (Wildman–Crippen LogP) is 3.76. The van der Waals surface area contributed by atoms with Crippen molar-refractivity contribution in [2.75, 3.05) is 7.05 Å². The highest BCUT2D eigenvalue weighted by molar-refractivity contribution is 7.12. The molecule has 1 aromatic rings. The third kappa shape index (κ3) is 3.49. The van der Waals surface area contributed by atoms with Crippen molar-refractivity contribution in [3.63, 3.8) is 0 Å². The van der Waals surface area contributed by atoms with Crippen LogP contribution in [-0.4, -0.2) is 18.9 Å². The first-order chi connectivity index (χ1) is 6.55. The molecule has 0 bridgehead atoms. The minimum absolute atomic E-state index is 0.157. The van der Waals surface area contributed by atoms with E-state index in [9.17, 15) is 13.2 Å². The molecular formula is C9H12F3NS. The van der Waals surface area contributed by atoms with E-state index in [0.717, 1.165) is 18.4 Å². The van der Waals surface area contributed by atoms with E-state index < -0.39 is 11.9 Å². The normalized spacial score (nSPS) is 12.0. The topological polar surface area (TPSA) is 12.4 Å². The van der Waals surface area contributed by atoms with Crippen LogP contribution in [0, 0.1) is 0 Å². The first kappa shape index (κ1) is 13.2. The fraction of sp³-hybridized carbons (Fsp3) is 0.444. The molecule has 1 heterocycles. The fourth-order valence-electron chi connectivity index (χ4n) is 0.790. The molecule has 0 aliphatic heterocycles. The number of hydrogen-bond donors (Lipinski definition) is 0. The predicted molar refractivity (Wildman–Crippen MR) is 54.2 cm³/mol. The molecule has 0 fully saturated rings. The van der Waals surface area contributed by atoms with Gasteiger partial charge >= 0.3 is 6.18 Å². The Kier molecular flexibility index (Phi) is 5.45. The van der Waals surface area contributed by atoms with E-state index in [-0.39, 0.29) is 4.88 Å². The van der Waals surface area contributed by atoms with Gasteiger partial charge in [-0.3, -0.25) is 4.99 Å².